The molecule has 1 saturated carbocycles. The Bertz CT molecular complexity index is 1440. The van der Waals surface area contributed by atoms with Gasteiger partial charge in [-0.1, -0.05) is 70.8 Å². The van der Waals surface area contributed by atoms with Crippen LogP contribution in [-0.4, -0.2) is 14.6 Å². The number of hydrogen-bond acceptors (Lipinski definition) is 4. The summed E-state index contributed by atoms with van der Waals surface area (Å²) in [5, 5.41) is 7.89. The third-order valence-corrected chi connectivity index (χ3v) is 8.76. The molecule has 4 aromatic rings. The van der Waals surface area contributed by atoms with E-state index in [-0.39, 0.29) is 10.8 Å². The van der Waals surface area contributed by atoms with E-state index < -0.39 is 0 Å². The van der Waals surface area contributed by atoms with Gasteiger partial charge in [-0.3, -0.25) is 9.99 Å². The Labute approximate surface area is 223 Å². The van der Waals surface area contributed by atoms with Crippen molar-refractivity contribution in [3.8, 4) is 17.1 Å². The van der Waals surface area contributed by atoms with E-state index >= 15 is 0 Å². The van der Waals surface area contributed by atoms with Crippen molar-refractivity contribution in [1.82, 2.24) is 15.0 Å². The summed E-state index contributed by atoms with van der Waals surface area (Å²) in [6, 6.07) is 23.7. The SMILES string of the molecule is Cc1c(C2NN=C(C3(c4ccc(Cl)cc4)CC3)S2)nc(-c2ccccc2Cl)n1-c1ccc(Cl)cc1. The van der Waals surface area contributed by atoms with E-state index in [1.165, 1.54) is 5.56 Å². The van der Waals surface area contributed by atoms with Crippen LogP contribution in [0.15, 0.2) is 77.9 Å². The second kappa shape index (κ2) is 8.90. The Hall–Kier alpha value is -2.44. The molecule has 2 heterocycles. The topological polar surface area (TPSA) is 42.2 Å². The van der Waals surface area contributed by atoms with E-state index in [2.05, 4.69) is 29.0 Å². The fourth-order valence-corrected chi connectivity index (χ4v) is 6.42. The smallest absolute Gasteiger partial charge is 0.146 e. The number of hydrogen-bond donors (Lipinski definition) is 1. The lowest BCUT2D eigenvalue weighted by Crippen LogP contribution is -2.16. The van der Waals surface area contributed by atoms with E-state index in [4.69, 9.17) is 44.9 Å². The quantitative estimate of drug-likeness (QED) is 0.278. The van der Waals surface area contributed by atoms with E-state index in [0.29, 0.717) is 10.0 Å². The Balaban J connectivity index is 1.38. The number of benzene rings is 3. The van der Waals surface area contributed by atoms with Crippen molar-refractivity contribution in [2.45, 2.75) is 30.6 Å². The largest absolute Gasteiger partial charge is 0.297 e. The van der Waals surface area contributed by atoms with Crippen LogP contribution in [0, 0.1) is 6.92 Å². The van der Waals surface area contributed by atoms with Crippen LogP contribution >= 0.6 is 46.6 Å². The second-order valence-corrected chi connectivity index (χ2v) is 11.2. The van der Waals surface area contributed by atoms with Gasteiger partial charge < -0.3 is 0 Å². The summed E-state index contributed by atoms with van der Waals surface area (Å²) in [5.74, 6) is 0.792. The first-order valence-corrected chi connectivity index (χ1v) is 13.3. The average Bonchev–Trinajstić information content (AvgIpc) is 3.39. The zero-order chi connectivity index (χ0) is 24.2. The Morgan fingerprint density at radius 2 is 1.57 bits per heavy atom. The van der Waals surface area contributed by atoms with Gasteiger partial charge in [-0.15, -0.1) is 0 Å². The number of aromatic nitrogens is 2. The zero-order valence-electron chi connectivity index (χ0n) is 18.8. The standard InChI is InChI=1S/C27H21Cl3N4S/c1-16-23(25-32-33-26(35-25)27(14-15-27)17-6-8-18(28)9-7-17)31-24(21-4-2-3-5-22(21)30)34(16)20-12-10-19(29)11-13-20/h2-13,25,32H,14-15H2,1H3. The molecule has 2 aliphatic rings. The van der Waals surface area contributed by atoms with Crippen molar-refractivity contribution in [2.75, 3.05) is 0 Å². The van der Waals surface area contributed by atoms with Crippen molar-refractivity contribution in [2.24, 2.45) is 5.10 Å². The van der Waals surface area contributed by atoms with E-state index in [0.717, 1.165) is 51.4 Å². The van der Waals surface area contributed by atoms with Gasteiger partial charge >= 0.3 is 0 Å². The Morgan fingerprint density at radius 1 is 0.914 bits per heavy atom. The number of halogens is 3. The molecule has 0 amide bonds. The molecule has 1 aliphatic heterocycles. The molecule has 1 atom stereocenters. The van der Waals surface area contributed by atoms with Crippen molar-refractivity contribution < 1.29 is 0 Å². The van der Waals surface area contributed by atoms with Gasteiger partial charge in [0.1, 0.15) is 16.2 Å². The number of rotatable bonds is 5. The molecule has 8 heteroatoms. The fraction of sp³-hybridized carbons (Fsp3) is 0.185. The highest BCUT2D eigenvalue weighted by Gasteiger charge is 2.51. The monoisotopic (exact) mass is 538 g/mol. The van der Waals surface area contributed by atoms with Crippen LogP contribution in [0.25, 0.3) is 17.1 Å². The maximum absolute atomic E-state index is 6.61. The van der Waals surface area contributed by atoms with Crippen molar-refractivity contribution in [3.05, 3.63) is 105 Å². The van der Waals surface area contributed by atoms with Gasteiger partial charge in [-0.2, -0.15) is 5.10 Å². The Morgan fingerprint density at radius 3 is 2.23 bits per heavy atom. The third kappa shape index (κ3) is 4.05. The molecule has 1 aliphatic carbocycles. The molecule has 1 aromatic heterocycles. The lowest BCUT2D eigenvalue weighted by molar-refractivity contribution is 0.718. The molecule has 0 radical (unpaired) electrons. The van der Waals surface area contributed by atoms with E-state index in [1.54, 1.807) is 11.8 Å². The first-order valence-electron chi connectivity index (χ1n) is 11.3. The molecule has 35 heavy (non-hydrogen) atoms. The van der Waals surface area contributed by atoms with Crippen molar-refractivity contribution in [1.29, 1.82) is 0 Å². The number of nitrogens with zero attached hydrogens (tertiary/aromatic N) is 3. The van der Waals surface area contributed by atoms with Crippen LogP contribution in [-0.2, 0) is 5.41 Å². The summed E-state index contributed by atoms with van der Waals surface area (Å²) in [6.45, 7) is 2.09. The van der Waals surface area contributed by atoms with Crippen LogP contribution in [0.3, 0.4) is 0 Å². The number of imidazole rings is 1. The van der Waals surface area contributed by atoms with Gasteiger partial charge in [-0.25, -0.2) is 4.98 Å². The summed E-state index contributed by atoms with van der Waals surface area (Å²) in [7, 11) is 0. The summed E-state index contributed by atoms with van der Waals surface area (Å²) < 4.78 is 2.14. The summed E-state index contributed by atoms with van der Waals surface area (Å²) in [5.41, 5.74) is 8.40. The van der Waals surface area contributed by atoms with E-state index in [1.807, 2.05) is 60.7 Å². The number of hydrazone groups is 1. The van der Waals surface area contributed by atoms with Gasteiger partial charge in [0.2, 0.25) is 0 Å². The molecular weight excluding hydrogens is 519 g/mol. The molecule has 3 aromatic carbocycles. The van der Waals surface area contributed by atoms with Gasteiger partial charge in [-0.05, 0) is 73.9 Å². The highest BCUT2D eigenvalue weighted by molar-refractivity contribution is 8.14. The molecule has 0 spiro atoms. The maximum Gasteiger partial charge on any atom is 0.146 e. The molecule has 176 valence electrons. The maximum atomic E-state index is 6.61. The first-order chi connectivity index (χ1) is 17.0. The molecule has 4 nitrogen and oxygen atoms in total. The van der Waals surface area contributed by atoms with E-state index in [9.17, 15) is 0 Å². The number of nitrogens with one attached hydrogen (secondary N) is 1. The fourth-order valence-electron chi connectivity index (χ4n) is 4.63. The molecule has 6 rings (SSSR count). The van der Waals surface area contributed by atoms with Crippen molar-refractivity contribution >= 4 is 51.6 Å². The minimum atomic E-state index is -0.0930. The van der Waals surface area contributed by atoms with Gasteiger partial charge in [0.15, 0.2) is 0 Å². The predicted octanol–water partition coefficient (Wildman–Crippen LogP) is 8.19. The predicted molar refractivity (Wildman–Crippen MR) is 147 cm³/mol. The third-order valence-electron chi connectivity index (χ3n) is 6.66. The van der Waals surface area contributed by atoms with Gasteiger partial charge in [0, 0.05) is 32.4 Å². The van der Waals surface area contributed by atoms with Gasteiger partial charge in [0.05, 0.1) is 10.7 Å². The average molecular weight is 540 g/mol. The minimum Gasteiger partial charge on any atom is -0.297 e. The van der Waals surface area contributed by atoms with Gasteiger partial charge in [0.25, 0.3) is 0 Å². The van der Waals surface area contributed by atoms with Crippen LogP contribution < -0.4 is 5.43 Å². The lowest BCUT2D eigenvalue weighted by Gasteiger charge is -2.15. The van der Waals surface area contributed by atoms with Crippen molar-refractivity contribution in [3.63, 3.8) is 0 Å². The molecule has 0 bridgehead atoms. The zero-order valence-corrected chi connectivity index (χ0v) is 21.9. The summed E-state index contributed by atoms with van der Waals surface area (Å²) in [4.78, 5) is 5.11. The second-order valence-electron chi connectivity index (χ2n) is 8.83. The van der Waals surface area contributed by atoms with Crippen LogP contribution in [0.1, 0.15) is 35.2 Å². The van der Waals surface area contributed by atoms with Crippen LogP contribution in [0.4, 0.5) is 0 Å². The Kier molecular flexibility index (Phi) is 5.84. The summed E-state index contributed by atoms with van der Waals surface area (Å²) in [6.07, 6.45) is 2.16. The molecule has 1 fully saturated rings. The molecular formula is C27H21Cl3N4S. The highest BCUT2D eigenvalue weighted by atomic mass is 35.5. The molecule has 0 saturated heterocycles. The number of thioether (sulfide) groups is 1. The van der Waals surface area contributed by atoms with Crippen LogP contribution in [0.2, 0.25) is 15.1 Å². The first kappa shape index (κ1) is 23.0. The van der Waals surface area contributed by atoms with Crippen LogP contribution in [0.5, 0.6) is 0 Å². The molecule has 1 N–H and O–H groups in total. The normalized spacial score (nSPS) is 18.3. The highest BCUT2D eigenvalue weighted by Crippen LogP contribution is 2.55. The molecule has 1 unspecified atom stereocenters. The summed E-state index contributed by atoms with van der Waals surface area (Å²) >= 11 is 20.6. The lowest BCUT2D eigenvalue weighted by atomic mass is 9.97. The minimum absolute atomic E-state index is 0.0325.